The van der Waals surface area contributed by atoms with Crippen molar-refractivity contribution in [1.82, 2.24) is 20.2 Å². The fourth-order valence-electron chi connectivity index (χ4n) is 2.49. The van der Waals surface area contributed by atoms with Gasteiger partial charge in [-0.25, -0.2) is 9.78 Å². The first-order valence-corrected chi connectivity index (χ1v) is 8.22. The van der Waals surface area contributed by atoms with E-state index < -0.39 is 0 Å². The molecule has 1 heterocycles. The van der Waals surface area contributed by atoms with Crippen molar-refractivity contribution in [2.75, 3.05) is 7.11 Å². The molecule has 1 aromatic heterocycles. The van der Waals surface area contributed by atoms with Crippen molar-refractivity contribution in [3.8, 4) is 5.75 Å². The highest BCUT2D eigenvalue weighted by Crippen LogP contribution is 2.13. The Morgan fingerprint density at radius 3 is 2.54 bits per heavy atom. The topological polar surface area (TPSA) is 68.2 Å². The first-order valence-electron chi connectivity index (χ1n) is 8.22. The lowest BCUT2D eigenvalue weighted by Gasteiger charge is -2.18. The normalized spacial score (nSPS) is 13.1. The zero-order chi connectivity index (χ0) is 17.4. The Morgan fingerprint density at radius 2 is 1.92 bits per heavy atom. The molecule has 0 unspecified atom stereocenters. The summed E-state index contributed by atoms with van der Waals surface area (Å²) in [5, 5.41) is 5.93. The number of nitrogens with zero attached hydrogens (tertiary/aromatic N) is 2. The Bertz CT molecular complexity index is 610. The van der Waals surface area contributed by atoms with E-state index in [1.165, 1.54) is 5.56 Å². The molecule has 2 atom stereocenters. The van der Waals surface area contributed by atoms with Crippen LogP contribution in [0.1, 0.15) is 25.8 Å². The molecule has 2 N–H and O–H groups in total. The molecule has 0 saturated carbocycles. The van der Waals surface area contributed by atoms with Crippen molar-refractivity contribution < 1.29 is 9.53 Å². The van der Waals surface area contributed by atoms with Gasteiger partial charge in [0.15, 0.2) is 0 Å². The average Bonchev–Trinajstić information content (AvgIpc) is 3.06. The minimum Gasteiger partial charge on any atom is -0.497 e. The van der Waals surface area contributed by atoms with Crippen LogP contribution in [0.5, 0.6) is 5.75 Å². The predicted molar refractivity (Wildman–Crippen MR) is 94.1 cm³/mol. The second-order valence-corrected chi connectivity index (χ2v) is 6.07. The largest absolute Gasteiger partial charge is 0.497 e. The van der Waals surface area contributed by atoms with E-state index in [-0.39, 0.29) is 18.1 Å². The Balaban J connectivity index is 1.68. The summed E-state index contributed by atoms with van der Waals surface area (Å²) >= 11 is 0. The summed E-state index contributed by atoms with van der Waals surface area (Å²) in [4.78, 5) is 16.0. The van der Waals surface area contributed by atoms with Gasteiger partial charge in [0.2, 0.25) is 0 Å². The van der Waals surface area contributed by atoms with E-state index in [2.05, 4.69) is 27.8 Å². The van der Waals surface area contributed by atoms with Crippen LogP contribution in [0.3, 0.4) is 0 Å². The molecule has 2 amide bonds. The van der Waals surface area contributed by atoms with Crippen molar-refractivity contribution >= 4 is 6.03 Å². The third-order valence-corrected chi connectivity index (χ3v) is 3.82. The maximum atomic E-state index is 12.0. The SMILES string of the molecule is COc1ccc(CC[C@H](C)NC(=O)N[C@H](C)Cn2ccnc2)cc1. The van der Waals surface area contributed by atoms with Gasteiger partial charge in [-0.05, 0) is 44.4 Å². The van der Waals surface area contributed by atoms with Crippen LogP contribution in [0, 0.1) is 0 Å². The van der Waals surface area contributed by atoms with Crippen LogP contribution < -0.4 is 15.4 Å². The summed E-state index contributed by atoms with van der Waals surface area (Å²) in [6.45, 7) is 4.69. The molecule has 1 aromatic carbocycles. The van der Waals surface area contributed by atoms with Crippen molar-refractivity contribution in [3.05, 3.63) is 48.5 Å². The standard InChI is InChI=1S/C18H26N4O2/c1-14(4-5-16-6-8-17(24-3)9-7-16)20-18(23)21-15(2)12-22-11-10-19-13-22/h6-11,13-15H,4-5,12H2,1-3H3,(H2,20,21,23)/t14-,15+/m0/s1. The number of carbonyl (C=O) groups excluding carboxylic acids is 1. The fraction of sp³-hybridized carbons (Fsp3) is 0.444. The molecule has 6 nitrogen and oxygen atoms in total. The Morgan fingerprint density at radius 1 is 1.21 bits per heavy atom. The lowest BCUT2D eigenvalue weighted by atomic mass is 10.1. The van der Waals surface area contributed by atoms with Crippen molar-refractivity contribution in [2.24, 2.45) is 0 Å². The molecule has 0 aliphatic carbocycles. The van der Waals surface area contributed by atoms with Gasteiger partial charge in [-0.2, -0.15) is 0 Å². The maximum Gasteiger partial charge on any atom is 0.315 e. The molecular formula is C18H26N4O2. The molecule has 0 aliphatic rings. The monoisotopic (exact) mass is 330 g/mol. The summed E-state index contributed by atoms with van der Waals surface area (Å²) in [5.74, 6) is 0.858. The number of aromatic nitrogens is 2. The number of carbonyl (C=O) groups is 1. The first-order chi connectivity index (χ1) is 11.6. The lowest BCUT2D eigenvalue weighted by Crippen LogP contribution is -2.45. The lowest BCUT2D eigenvalue weighted by molar-refractivity contribution is 0.233. The number of methoxy groups -OCH3 is 1. The highest BCUT2D eigenvalue weighted by Gasteiger charge is 2.11. The van der Waals surface area contributed by atoms with Gasteiger partial charge < -0.3 is 19.9 Å². The molecule has 0 bridgehead atoms. The number of amides is 2. The van der Waals surface area contributed by atoms with Gasteiger partial charge >= 0.3 is 6.03 Å². The van der Waals surface area contributed by atoms with Crippen LogP contribution in [0.2, 0.25) is 0 Å². The zero-order valence-corrected chi connectivity index (χ0v) is 14.5. The number of urea groups is 1. The molecule has 0 spiro atoms. The van der Waals surface area contributed by atoms with Crippen LogP contribution in [0.25, 0.3) is 0 Å². The molecule has 6 heteroatoms. The van der Waals surface area contributed by atoms with Crippen LogP contribution in [0.4, 0.5) is 4.79 Å². The summed E-state index contributed by atoms with van der Waals surface area (Å²) in [6.07, 6.45) is 7.15. The fourth-order valence-corrected chi connectivity index (χ4v) is 2.49. The number of ether oxygens (including phenoxy) is 1. The number of nitrogens with one attached hydrogen (secondary N) is 2. The van der Waals surface area contributed by atoms with Gasteiger partial charge in [0.25, 0.3) is 0 Å². The van der Waals surface area contributed by atoms with E-state index in [9.17, 15) is 4.79 Å². The van der Waals surface area contributed by atoms with Crippen molar-refractivity contribution in [3.63, 3.8) is 0 Å². The Labute approximate surface area is 143 Å². The van der Waals surface area contributed by atoms with E-state index in [4.69, 9.17) is 4.74 Å². The van der Waals surface area contributed by atoms with Gasteiger partial charge in [0.1, 0.15) is 5.75 Å². The van der Waals surface area contributed by atoms with Gasteiger partial charge in [0.05, 0.1) is 13.4 Å². The zero-order valence-electron chi connectivity index (χ0n) is 14.5. The molecule has 0 aliphatic heterocycles. The number of aryl methyl sites for hydroxylation is 1. The highest BCUT2D eigenvalue weighted by atomic mass is 16.5. The number of imidazole rings is 1. The predicted octanol–water partition coefficient (Wildman–Crippen LogP) is 2.60. The number of benzene rings is 1. The van der Waals surface area contributed by atoms with Gasteiger partial charge in [-0.3, -0.25) is 0 Å². The van der Waals surface area contributed by atoms with Gasteiger partial charge in [0, 0.05) is 31.0 Å². The molecular weight excluding hydrogens is 304 g/mol. The Hall–Kier alpha value is -2.50. The van der Waals surface area contributed by atoms with Crippen molar-refractivity contribution in [2.45, 2.75) is 45.3 Å². The van der Waals surface area contributed by atoms with E-state index >= 15 is 0 Å². The molecule has 0 fully saturated rings. The highest BCUT2D eigenvalue weighted by molar-refractivity contribution is 5.74. The van der Waals surface area contributed by atoms with Crippen LogP contribution in [-0.4, -0.2) is 34.8 Å². The van der Waals surface area contributed by atoms with Gasteiger partial charge in [-0.15, -0.1) is 0 Å². The van der Waals surface area contributed by atoms with E-state index in [0.717, 1.165) is 18.6 Å². The smallest absolute Gasteiger partial charge is 0.315 e. The maximum absolute atomic E-state index is 12.0. The minimum absolute atomic E-state index is 0.0352. The van der Waals surface area contributed by atoms with Crippen LogP contribution >= 0.6 is 0 Å². The third kappa shape index (κ3) is 5.95. The summed E-state index contributed by atoms with van der Waals surface area (Å²) in [7, 11) is 1.66. The summed E-state index contributed by atoms with van der Waals surface area (Å²) < 4.78 is 7.09. The molecule has 24 heavy (non-hydrogen) atoms. The van der Waals surface area contributed by atoms with E-state index in [1.807, 2.05) is 36.7 Å². The summed E-state index contributed by atoms with van der Waals surface area (Å²) in [6, 6.07) is 8.03. The Kier molecular flexibility index (Phi) is 6.66. The second-order valence-electron chi connectivity index (χ2n) is 6.07. The third-order valence-electron chi connectivity index (χ3n) is 3.82. The second kappa shape index (κ2) is 8.96. The molecule has 130 valence electrons. The van der Waals surface area contributed by atoms with E-state index in [1.54, 1.807) is 19.6 Å². The molecule has 2 aromatic rings. The first kappa shape index (κ1) is 17.8. The van der Waals surface area contributed by atoms with Crippen LogP contribution in [-0.2, 0) is 13.0 Å². The molecule has 2 rings (SSSR count). The summed E-state index contributed by atoms with van der Waals surface area (Å²) in [5.41, 5.74) is 1.23. The van der Waals surface area contributed by atoms with Crippen LogP contribution in [0.15, 0.2) is 43.0 Å². The number of hydrogen-bond acceptors (Lipinski definition) is 3. The quantitative estimate of drug-likeness (QED) is 0.782. The van der Waals surface area contributed by atoms with E-state index in [0.29, 0.717) is 6.54 Å². The molecule has 0 saturated heterocycles. The average molecular weight is 330 g/mol. The molecule has 0 radical (unpaired) electrons. The van der Waals surface area contributed by atoms with Gasteiger partial charge in [-0.1, -0.05) is 12.1 Å². The number of hydrogen-bond donors (Lipinski definition) is 2. The van der Waals surface area contributed by atoms with Crippen molar-refractivity contribution in [1.29, 1.82) is 0 Å². The number of rotatable bonds is 8. The minimum atomic E-state index is -0.134.